The van der Waals surface area contributed by atoms with Gasteiger partial charge in [-0.2, -0.15) is 0 Å². The predicted molar refractivity (Wildman–Crippen MR) is 82.3 cm³/mol. The fraction of sp³-hybridized carbons (Fsp3) is 0.529. The first kappa shape index (κ1) is 15.8. The summed E-state index contributed by atoms with van der Waals surface area (Å²) >= 11 is 0. The van der Waals surface area contributed by atoms with Crippen molar-refractivity contribution in [3.8, 4) is 5.75 Å². The van der Waals surface area contributed by atoms with E-state index in [1.54, 1.807) is 0 Å². The SMILES string of the molecule is O=C(O)CC1(NC(=O)C2COc3ccccc3C2)CCOCC1. The average molecular weight is 319 g/mol. The van der Waals surface area contributed by atoms with Crippen molar-refractivity contribution in [2.75, 3.05) is 19.8 Å². The van der Waals surface area contributed by atoms with Crippen molar-refractivity contribution < 1.29 is 24.2 Å². The molecule has 6 nitrogen and oxygen atoms in total. The molecule has 23 heavy (non-hydrogen) atoms. The van der Waals surface area contributed by atoms with Gasteiger partial charge in [0, 0.05) is 13.2 Å². The molecule has 2 N–H and O–H groups in total. The number of carboxylic acid groups (broad SMARTS) is 1. The summed E-state index contributed by atoms with van der Waals surface area (Å²) in [7, 11) is 0. The lowest BCUT2D eigenvalue weighted by molar-refractivity contribution is -0.141. The smallest absolute Gasteiger partial charge is 0.305 e. The molecule has 1 saturated heterocycles. The monoisotopic (exact) mass is 319 g/mol. The van der Waals surface area contributed by atoms with Crippen LogP contribution in [0, 0.1) is 5.92 Å². The Kier molecular flexibility index (Phi) is 4.52. The summed E-state index contributed by atoms with van der Waals surface area (Å²) in [5.74, 6) is -0.513. The van der Waals surface area contributed by atoms with Crippen LogP contribution in [0.1, 0.15) is 24.8 Å². The van der Waals surface area contributed by atoms with Gasteiger partial charge in [-0.15, -0.1) is 0 Å². The molecule has 2 heterocycles. The van der Waals surface area contributed by atoms with E-state index >= 15 is 0 Å². The van der Waals surface area contributed by atoms with Gasteiger partial charge >= 0.3 is 5.97 Å². The van der Waals surface area contributed by atoms with Crippen LogP contribution in [0.25, 0.3) is 0 Å². The molecular weight excluding hydrogens is 298 g/mol. The molecule has 0 radical (unpaired) electrons. The molecule has 1 unspecified atom stereocenters. The first-order valence-corrected chi connectivity index (χ1v) is 7.90. The molecule has 1 aromatic rings. The number of ether oxygens (including phenoxy) is 2. The van der Waals surface area contributed by atoms with E-state index in [1.807, 2.05) is 24.3 Å². The number of rotatable bonds is 4. The number of amides is 1. The Morgan fingerprint density at radius 3 is 2.74 bits per heavy atom. The van der Waals surface area contributed by atoms with Gasteiger partial charge in [0.15, 0.2) is 0 Å². The average Bonchev–Trinajstić information content (AvgIpc) is 2.54. The Morgan fingerprint density at radius 2 is 2.00 bits per heavy atom. The van der Waals surface area contributed by atoms with Gasteiger partial charge in [-0.1, -0.05) is 18.2 Å². The first-order valence-electron chi connectivity index (χ1n) is 7.90. The number of hydrogen-bond donors (Lipinski definition) is 2. The summed E-state index contributed by atoms with van der Waals surface area (Å²) in [5, 5.41) is 12.2. The summed E-state index contributed by atoms with van der Waals surface area (Å²) in [4.78, 5) is 23.8. The van der Waals surface area contributed by atoms with E-state index in [1.165, 1.54) is 0 Å². The van der Waals surface area contributed by atoms with Crippen molar-refractivity contribution in [3.63, 3.8) is 0 Å². The molecule has 2 aliphatic rings. The van der Waals surface area contributed by atoms with Crippen molar-refractivity contribution in [1.29, 1.82) is 0 Å². The van der Waals surface area contributed by atoms with Gasteiger partial charge in [-0.25, -0.2) is 0 Å². The number of carboxylic acids is 1. The van der Waals surface area contributed by atoms with Crippen molar-refractivity contribution in [3.05, 3.63) is 29.8 Å². The van der Waals surface area contributed by atoms with Crippen molar-refractivity contribution >= 4 is 11.9 Å². The maximum absolute atomic E-state index is 12.6. The fourth-order valence-corrected chi connectivity index (χ4v) is 3.26. The van der Waals surface area contributed by atoms with E-state index in [4.69, 9.17) is 14.6 Å². The van der Waals surface area contributed by atoms with Crippen LogP contribution in [0.5, 0.6) is 5.75 Å². The normalized spacial score (nSPS) is 22.5. The topological polar surface area (TPSA) is 84.9 Å². The van der Waals surface area contributed by atoms with E-state index < -0.39 is 11.5 Å². The Bertz CT molecular complexity index is 594. The standard InChI is InChI=1S/C17H21NO5/c19-15(20)10-17(5-7-22-8-6-17)18-16(21)13-9-12-3-1-2-4-14(12)23-11-13/h1-4,13H,5-11H2,(H,18,21)(H,19,20). The molecule has 0 bridgehead atoms. The van der Waals surface area contributed by atoms with Crippen LogP contribution in [0.3, 0.4) is 0 Å². The maximum atomic E-state index is 12.6. The number of hydrogen-bond acceptors (Lipinski definition) is 4. The summed E-state index contributed by atoms with van der Waals surface area (Å²) in [6.07, 6.45) is 1.58. The van der Waals surface area contributed by atoms with Crippen LogP contribution in [0.4, 0.5) is 0 Å². The molecule has 124 valence electrons. The molecule has 2 aliphatic heterocycles. The van der Waals surface area contributed by atoms with Crippen LogP contribution in [-0.4, -0.2) is 42.3 Å². The van der Waals surface area contributed by atoms with Crippen LogP contribution >= 0.6 is 0 Å². The lowest BCUT2D eigenvalue weighted by Gasteiger charge is -2.38. The van der Waals surface area contributed by atoms with Crippen molar-refractivity contribution in [2.24, 2.45) is 5.92 Å². The Morgan fingerprint density at radius 1 is 1.26 bits per heavy atom. The van der Waals surface area contributed by atoms with E-state index in [9.17, 15) is 9.59 Å². The third-order valence-electron chi connectivity index (χ3n) is 4.58. The second-order valence-corrected chi connectivity index (χ2v) is 6.27. The van der Waals surface area contributed by atoms with E-state index in [0.717, 1.165) is 11.3 Å². The minimum Gasteiger partial charge on any atom is -0.492 e. The summed E-state index contributed by atoms with van der Waals surface area (Å²) in [6.45, 7) is 1.26. The van der Waals surface area contributed by atoms with E-state index in [-0.39, 0.29) is 18.2 Å². The largest absolute Gasteiger partial charge is 0.492 e. The third kappa shape index (κ3) is 3.64. The zero-order valence-electron chi connectivity index (χ0n) is 12.9. The third-order valence-corrected chi connectivity index (χ3v) is 4.58. The molecule has 0 saturated carbocycles. The zero-order chi connectivity index (χ0) is 16.3. The Hall–Kier alpha value is -2.08. The number of carbonyl (C=O) groups excluding carboxylic acids is 1. The van der Waals surface area contributed by atoms with Crippen LogP contribution < -0.4 is 10.1 Å². The minimum atomic E-state index is -0.905. The molecule has 0 spiro atoms. The number of fused-ring (bicyclic) bond motifs is 1. The fourth-order valence-electron chi connectivity index (χ4n) is 3.26. The number of benzene rings is 1. The number of nitrogens with one attached hydrogen (secondary N) is 1. The maximum Gasteiger partial charge on any atom is 0.305 e. The van der Waals surface area contributed by atoms with Gasteiger partial charge in [0.1, 0.15) is 12.4 Å². The molecule has 1 fully saturated rings. The molecule has 0 aliphatic carbocycles. The number of para-hydroxylation sites is 1. The lowest BCUT2D eigenvalue weighted by atomic mass is 9.85. The molecule has 1 amide bonds. The summed E-state index contributed by atoms with van der Waals surface area (Å²) in [5.41, 5.74) is 0.302. The molecule has 0 aromatic heterocycles. The molecule has 1 atom stereocenters. The second kappa shape index (κ2) is 6.58. The minimum absolute atomic E-state index is 0.0771. The van der Waals surface area contributed by atoms with Crippen molar-refractivity contribution in [1.82, 2.24) is 5.32 Å². The van der Waals surface area contributed by atoms with Gasteiger partial charge in [-0.05, 0) is 30.9 Å². The van der Waals surface area contributed by atoms with Gasteiger partial charge in [0.05, 0.1) is 17.9 Å². The summed E-state index contributed by atoms with van der Waals surface area (Å²) < 4.78 is 11.0. The van der Waals surface area contributed by atoms with Gasteiger partial charge in [-0.3, -0.25) is 9.59 Å². The summed E-state index contributed by atoms with van der Waals surface area (Å²) in [6, 6.07) is 7.68. The van der Waals surface area contributed by atoms with E-state index in [0.29, 0.717) is 39.1 Å². The number of carbonyl (C=O) groups is 2. The van der Waals surface area contributed by atoms with Gasteiger partial charge in [0.2, 0.25) is 5.91 Å². The molecule has 1 aromatic carbocycles. The van der Waals surface area contributed by atoms with Crippen LogP contribution in [0.2, 0.25) is 0 Å². The Balaban J connectivity index is 1.69. The molecule has 6 heteroatoms. The van der Waals surface area contributed by atoms with Crippen molar-refractivity contribution in [2.45, 2.75) is 31.2 Å². The van der Waals surface area contributed by atoms with Gasteiger partial charge < -0.3 is 19.9 Å². The highest BCUT2D eigenvalue weighted by Gasteiger charge is 2.38. The first-order chi connectivity index (χ1) is 11.1. The highest BCUT2D eigenvalue weighted by Crippen LogP contribution is 2.29. The molecule has 3 rings (SSSR count). The van der Waals surface area contributed by atoms with E-state index in [2.05, 4.69) is 5.32 Å². The zero-order valence-corrected chi connectivity index (χ0v) is 12.9. The van der Waals surface area contributed by atoms with Gasteiger partial charge in [0.25, 0.3) is 0 Å². The highest BCUT2D eigenvalue weighted by atomic mass is 16.5. The second-order valence-electron chi connectivity index (χ2n) is 6.27. The highest BCUT2D eigenvalue weighted by molar-refractivity contribution is 5.81. The predicted octanol–water partition coefficient (Wildman–Crippen LogP) is 1.38. The van der Waals surface area contributed by atoms with Crippen LogP contribution in [0.15, 0.2) is 24.3 Å². The lowest BCUT2D eigenvalue weighted by Crippen LogP contribution is -2.55. The Labute approximate surface area is 134 Å². The number of aliphatic carboxylic acids is 1. The molecular formula is C17H21NO5. The quantitative estimate of drug-likeness (QED) is 0.876. The van der Waals surface area contributed by atoms with Crippen LogP contribution in [-0.2, 0) is 20.7 Å².